The minimum atomic E-state index is -0.434. The zero-order valence-corrected chi connectivity index (χ0v) is 17.0. The van der Waals surface area contributed by atoms with Crippen LogP contribution in [0.2, 0.25) is 0 Å². The number of aromatic nitrogens is 1. The van der Waals surface area contributed by atoms with Crippen molar-refractivity contribution in [3.63, 3.8) is 0 Å². The van der Waals surface area contributed by atoms with Crippen LogP contribution in [0.15, 0.2) is 60.8 Å². The summed E-state index contributed by atoms with van der Waals surface area (Å²) in [7, 11) is 1.53. The number of non-ortho nitro benzene ring substituents is 1. The fourth-order valence-corrected chi connectivity index (χ4v) is 4.27. The Hall–Kier alpha value is -3.72. The van der Waals surface area contributed by atoms with Crippen molar-refractivity contribution < 1.29 is 14.6 Å². The average Bonchev–Trinajstić information content (AvgIpc) is 3.15. The lowest BCUT2D eigenvalue weighted by molar-refractivity contribution is -0.386. The minimum Gasteiger partial charge on any atom is -0.496 e. The number of hydrogen-bond donors (Lipinski definition) is 0. The number of hydrogen-bond acceptors (Lipinski definition) is 6. The van der Waals surface area contributed by atoms with Crippen LogP contribution in [0.5, 0.6) is 5.75 Å². The molecule has 0 N–H and O–H groups in total. The van der Waals surface area contributed by atoms with Crippen molar-refractivity contribution in [1.82, 2.24) is 9.47 Å². The summed E-state index contributed by atoms with van der Waals surface area (Å²) in [5, 5.41) is 23.1. The van der Waals surface area contributed by atoms with Crippen molar-refractivity contribution in [1.29, 1.82) is 0 Å². The molecule has 0 saturated heterocycles. The predicted octanol–water partition coefficient (Wildman–Crippen LogP) is 4.31. The molecule has 0 spiro atoms. The van der Waals surface area contributed by atoms with Gasteiger partial charge in [0, 0.05) is 55.3 Å². The normalized spacial score (nSPS) is 16.4. The zero-order chi connectivity index (χ0) is 22.0. The molecule has 0 aliphatic carbocycles. The SMILES string of the molecule is COc1ccc([N+](=O)[O-])cc1CN1CCCn2cccc2C1c1ccccc1[N+](=O)[O-]. The van der Waals surface area contributed by atoms with E-state index in [1.165, 1.54) is 25.3 Å². The second-order valence-electron chi connectivity index (χ2n) is 7.42. The number of nitro groups is 2. The molecule has 0 bridgehead atoms. The molecular formula is C22H22N4O5. The number of benzene rings is 2. The van der Waals surface area contributed by atoms with Gasteiger partial charge in [0.15, 0.2) is 0 Å². The Balaban J connectivity index is 1.82. The molecule has 1 aliphatic rings. The van der Waals surface area contributed by atoms with Crippen LogP contribution < -0.4 is 4.74 Å². The first-order valence-corrected chi connectivity index (χ1v) is 9.93. The van der Waals surface area contributed by atoms with E-state index in [2.05, 4.69) is 9.47 Å². The van der Waals surface area contributed by atoms with Crippen molar-refractivity contribution in [2.75, 3.05) is 13.7 Å². The lowest BCUT2D eigenvalue weighted by atomic mass is 9.99. The highest BCUT2D eigenvalue weighted by Gasteiger charge is 2.32. The summed E-state index contributed by atoms with van der Waals surface area (Å²) in [6, 6.07) is 14.8. The molecule has 0 saturated carbocycles. The van der Waals surface area contributed by atoms with Crippen molar-refractivity contribution in [2.24, 2.45) is 0 Å². The lowest BCUT2D eigenvalue weighted by Gasteiger charge is -2.30. The lowest BCUT2D eigenvalue weighted by Crippen LogP contribution is -2.30. The molecule has 160 valence electrons. The molecule has 1 unspecified atom stereocenters. The van der Waals surface area contributed by atoms with Gasteiger partial charge in [0.05, 0.1) is 28.6 Å². The highest BCUT2D eigenvalue weighted by molar-refractivity contribution is 5.47. The average molecular weight is 422 g/mol. The molecule has 31 heavy (non-hydrogen) atoms. The maximum absolute atomic E-state index is 11.8. The fraction of sp³-hybridized carbons (Fsp3) is 0.273. The third-order valence-electron chi connectivity index (χ3n) is 5.63. The molecule has 2 heterocycles. The molecule has 9 nitrogen and oxygen atoms in total. The van der Waals surface area contributed by atoms with E-state index in [1.807, 2.05) is 18.3 Å². The van der Waals surface area contributed by atoms with Gasteiger partial charge < -0.3 is 9.30 Å². The summed E-state index contributed by atoms with van der Waals surface area (Å²) in [6.07, 6.45) is 2.82. The van der Waals surface area contributed by atoms with Gasteiger partial charge in [-0.1, -0.05) is 18.2 Å². The van der Waals surface area contributed by atoms with E-state index in [0.717, 1.165) is 18.7 Å². The van der Waals surface area contributed by atoms with Crippen LogP contribution >= 0.6 is 0 Å². The Labute approximate surface area is 178 Å². The van der Waals surface area contributed by atoms with Crippen molar-refractivity contribution in [3.8, 4) is 5.75 Å². The van der Waals surface area contributed by atoms with Gasteiger partial charge in [0.25, 0.3) is 11.4 Å². The predicted molar refractivity (Wildman–Crippen MR) is 114 cm³/mol. The number of fused-ring (bicyclic) bond motifs is 1. The molecule has 9 heteroatoms. The van der Waals surface area contributed by atoms with Crippen molar-refractivity contribution in [3.05, 3.63) is 97.8 Å². The Morgan fingerprint density at radius 2 is 1.84 bits per heavy atom. The molecule has 0 amide bonds. The number of nitrogens with zero attached hydrogens (tertiary/aromatic N) is 4. The first-order valence-electron chi connectivity index (χ1n) is 9.93. The summed E-state index contributed by atoms with van der Waals surface area (Å²) in [5.74, 6) is 0.548. The van der Waals surface area contributed by atoms with Gasteiger partial charge >= 0.3 is 0 Å². The molecule has 1 aromatic heterocycles. The zero-order valence-electron chi connectivity index (χ0n) is 17.0. The van der Waals surface area contributed by atoms with Crippen LogP contribution in [0.1, 0.15) is 29.3 Å². The molecule has 3 aromatic rings. The Kier molecular flexibility index (Phi) is 5.68. The number of rotatable bonds is 6. The standard InChI is InChI=1S/C22H22N4O5/c1-31-21-10-9-17(25(27)28)14-16(21)15-24-13-5-12-23-11-4-8-20(23)22(24)18-6-2-3-7-19(18)26(29)30/h2-4,6-11,14,22H,5,12-13,15H2,1H3. The quantitative estimate of drug-likeness (QED) is 0.433. The molecule has 4 rings (SSSR count). The first-order chi connectivity index (χ1) is 15.0. The Morgan fingerprint density at radius 3 is 2.58 bits per heavy atom. The Morgan fingerprint density at radius 1 is 1.03 bits per heavy atom. The number of aryl methyl sites for hydroxylation is 1. The maximum atomic E-state index is 11.8. The van der Waals surface area contributed by atoms with E-state index in [4.69, 9.17) is 4.74 Å². The summed E-state index contributed by atoms with van der Waals surface area (Å²) in [6.45, 7) is 1.82. The van der Waals surface area contributed by atoms with Gasteiger partial charge in [-0.25, -0.2) is 0 Å². The summed E-state index contributed by atoms with van der Waals surface area (Å²) < 4.78 is 7.56. The van der Waals surface area contributed by atoms with Gasteiger partial charge in [0.1, 0.15) is 5.75 Å². The number of ether oxygens (including phenoxy) is 1. The van der Waals surface area contributed by atoms with Gasteiger partial charge in [-0.3, -0.25) is 25.1 Å². The van der Waals surface area contributed by atoms with Gasteiger partial charge in [0.2, 0.25) is 0 Å². The first kappa shape index (κ1) is 20.5. The van der Waals surface area contributed by atoms with Crippen molar-refractivity contribution in [2.45, 2.75) is 25.6 Å². The summed E-state index contributed by atoms with van der Waals surface area (Å²) in [4.78, 5) is 24.4. The summed E-state index contributed by atoms with van der Waals surface area (Å²) >= 11 is 0. The molecule has 0 radical (unpaired) electrons. The van der Waals surface area contributed by atoms with Gasteiger partial charge in [-0.15, -0.1) is 0 Å². The van der Waals surface area contributed by atoms with Crippen LogP contribution in [-0.2, 0) is 13.1 Å². The van der Waals surface area contributed by atoms with E-state index >= 15 is 0 Å². The topological polar surface area (TPSA) is 104 Å². The third-order valence-corrected chi connectivity index (χ3v) is 5.63. The third kappa shape index (κ3) is 3.99. The van der Waals surface area contributed by atoms with Crippen molar-refractivity contribution >= 4 is 11.4 Å². The van der Waals surface area contributed by atoms with E-state index in [0.29, 0.717) is 30.0 Å². The van der Waals surface area contributed by atoms with E-state index < -0.39 is 4.92 Å². The summed E-state index contributed by atoms with van der Waals surface area (Å²) in [5.41, 5.74) is 2.25. The second kappa shape index (κ2) is 8.57. The van der Waals surface area contributed by atoms with E-state index in [-0.39, 0.29) is 22.3 Å². The van der Waals surface area contributed by atoms with Crippen LogP contribution in [0.3, 0.4) is 0 Å². The van der Waals surface area contributed by atoms with E-state index in [1.54, 1.807) is 24.3 Å². The van der Waals surface area contributed by atoms with Gasteiger partial charge in [-0.2, -0.15) is 0 Å². The molecule has 2 aromatic carbocycles. The Bertz CT molecular complexity index is 1130. The van der Waals surface area contributed by atoms with E-state index in [9.17, 15) is 20.2 Å². The van der Waals surface area contributed by atoms with Crippen LogP contribution in [0, 0.1) is 20.2 Å². The highest BCUT2D eigenvalue weighted by Crippen LogP contribution is 2.38. The maximum Gasteiger partial charge on any atom is 0.274 e. The van der Waals surface area contributed by atoms with Crippen LogP contribution in [0.25, 0.3) is 0 Å². The highest BCUT2D eigenvalue weighted by atomic mass is 16.6. The van der Waals surface area contributed by atoms with Crippen LogP contribution in [0.4, 0.5) is 11.4 Å². The number of methoxy groups -OCH3 is 1. The monoisotopic (exact) mass is 422 g/mol. The van der Waals surface area contributed by atoms with Crippen LogP contribution in [-0.4, -0.2) is 33.0 Å². The molecular weight excluding hydrogens is 400 g/mol. The second-order valence-corrected chi connectivity index (χ2v) is 7.42. The number of para-hydroxylation sites is 1. The molecule has 0 fully saturated rings. The smallest absolute Gasteiger partial charge is 0.274 e. The van der Waals surface area contributed by atoms with Gasteiger partial charge in [-0.05, 0) is 24.6 Å². The number of nitro benzene ring substituents is 2. The molecule has 1 atom stereocenters. The largest absolute Gasteiger partial charge is 0.496 e. The molecule has 1 aliphatic heterocycles. The fourth-order valence-electron chi connectivity index (χ4n) is 4.27. The minimum absolute atomic E-state index is 0.0174.